The van der Waals surface area contributed by atoms with Crippen LogP contribution in [0.25, 0.3) is 0 Å². The van der Waals surface area contributed by atoms with E-state index in [1.165, 1.54) is 9.88 Å². The van der Waals surface area contributed by atoms with E-state index in [9.17, 15) is 0 Å². The number of aryl methyl sites for hydroxylation is 1. The monoisotopic (exact) mass is 241 g/mol. The first-order chi connectivity index (χ1) is 7.63. The fourth-order valence-electron chi connectivity index (χ4n) is 1.63. The molecule has 1 rings (SSSR count). The van der Waals surface area contributed by atoms with Crippen LogP contribution in [0.3, 0.4) is 0 Å². The SMILES string of the molecule is CCNC(C)CCNC(C)c1ncc(C)s1. The molecule has 1 aromatic heterocycles. The molecule has 0 spiro atoms. The highest BCUT2D eigenvalue weighted by Gasteiger charge is 2.08. The first-order valence-corrected chi connectivity index (χ1v) is 6.84. The number of hydrogen-bond donors (Lipinski definition) is 2. The van der Waals surface area contributed by atoms with Crippen LogP contribution in [0.4, 0.5) is 0 Å². The van der Waals surface area contributed by atoms with E-state index in [-0.39, 0.29) is 0 Å². The van der Waals surface area contributed by atoms with Gasteiger partial charge in [-0.2, -0.15) is 0 Å². The van der Waals surface area contributed by atoms with Crippen molar-refractivity contribution in [1.82, 2.24) is 15.6 Å². The summed E-state index contributed by atoms with van der Waals surface area (Å²) in [6, 6.07) is 0.954. The number of thiazole rings is 1. The predicted octanol–water partition coefficient (Wildman–Crippen LogP) is 2.49. The third kappa shape index (κ3) is 4.60. The Morgan fingerprint density at radius 2 is 2.12 bits per heavy atom. The van der Waals surface area contributed by atoms with Gasteiger partial charge in [0.25, 0.3) is 0 Å². The van der Waals surface area contributed by atoms with Crippen molar-refractivity contribution in [3.63, 3.8) is 0 Å². The molecule has 0 aromatic carbocycles. The number of nitrogens with one attached hydrogen (secondary N) is 2. The van der Waals surface area contributed by atoms with Gasteiger partial charge in [-0.05, 0) is 40.3 Å². The molecule has 0 aliphatic heterocycles. The molecule has 4 heteroatoms. The van der Waals surface area contributed by atoms with Crippen LogP contribution in [0.5, 0.6) is 0 Å². The molecule has 1 aromatic rings. The number of rotatable bonds is 7. The highest BCUT2D eigenvalue weighted by molar-refractivity contribution is 7.11. The molecule has 2 atom stereocenters. The molecule has 0 aliphatic carbocycles. The van der Waals surface area contributed by atoms with Crippen molar-refractivity contribution in [2.24, 2.45) is 0 Å². The Hall–Kier alpha value is -0.450. The Morgan fingerprint density at radius 3 is 2.69 bits per heavy atom. The van der Waals surface area contributed by atoms with Gasteiger partial charge >= 0.3 is 0 Å². The summed E-state index contributed by atoms with van der Waals surface area (Å²) in [5.41, 5.74) is 0. The summed E-state index contributed by atoms with van der Waals surface area (Å²) >= 11 is 1.78. The highest BCUT2D eigenvalue weighted by atomic mass is 32.1. The minimum absolute atomic E-state index is 0.368. The number of aromatic nitrogens is 1. The fraction of sp³-hybridized carbons (Fsp3) is 0.750. The maximum atomic E-state index is 4.39. The summed E-state index contributed by atoms with van der Waals surface area (Å²) in [4.78, 5) is 5.67. The maximum absolute atomic E-state index is 4.39. The molecular formula is C12H23N3S. The van der Waals surface area contributed by atoms with Crippen molar-refractivity contribution in [3.8, 4) is 0 Å². The summed E-state index contributed by atoms with van der Waals surface area (Å²) < 4.78 is 0. The summed E-state index contributed by atoms with van der Waals surface area (Å²) in [6.07, 6.45) is 3.10. The summed E-state index contributed by atoms with van der Waals surface area (Å²) in [6.45, 7) is 10.7. The Labute approximate surface area is 103 Å². The highest BCUT2D eigenvalue weighted by Crippen LogP contribution is 2.18. The molecule has 16 heavy (non-hydrogen) atoms. The molecule has 0 saturated carbocycles. The summed E-state index contributed by atoms with van der Waals surface area (Å²) in [5.74, 6) is 0. The molecule has 3 nitrogen and oxygen atoms in total. The van der Waals surface area contributed by atoms with Gasteiger partial charge in [0.2, 0.25) is 0 Å². The molecule has 0 radical (unpaired) electrons. The summed E-state index contributed by atoms with van der Waals surface area (Å²) in [7, 11) is 0. The van der Waals surface area contributed by atoms with Crippen LogP contribution in [0.1, 0.15) is 43.1 Å². The number of hydrogen-bond acceptors (Lipinski definition) is 4. The van der Waals surface area contributed by atoms with Crippen molar-refractivity contribution < 1.29 is 0 Å². The minimum atomic E-state index is 0.368. The molecule has 0 saturated heterocycles. The van der Waals surface area contributed by atoms with Crippen LogP contribution in [0.2, 0.25) is 0 Å². The van der Waals surface area contributed by atoms with Crippen molar-refractivity contribution >= 4 is 11.3 Å². The fourth-order valence-corrected chi connectivity index (χ4v) is 2.43. The second kappa shape index (κ2) is 6.99. The molecule has 0 amide bonds. The van der Waals surface area contributed by atoms with Gasteiger partial charge in [-0.3, -0.25) is 0 Å². The molecule has 2 unspecified atom stereocenters. The minimum Gasteiger partial charge on any atom is -0.314 e. The van der Waals surface area contributed by atoms with Crippen LogP contribution in [-0.4, -0.2) is 24.1 Å². The van der Waals surface area contributed by atoms with Crippen molar-refractivity contribution in [2.45, 2.75) is 46.2 Å². The predicted molar refractivity (Wildman–Crippen MR) is 71.0 cm³/mol. The average molecular weight is 241 g/mol. The third-order valence-electron chi connectivity index (χ3n) is 2.59. The molecule has 1 heterocycles. The first kappa shape index (κ1) is 13.6. The van der Waals surface area contributed by atoms with Crippen LogP contribution in [-0.2, 0) is 0 Å². The lowest BCUT2D eigenvalue weighted by molar-refractivity contribution is 0.478. The Kier molecular flexibility index (Phi) is 5.95. The maximum Gasteiger partial charge on any atom is 0.109 e. The number of nitrogens with zero attached hydrogens (tertiary/aromatic N) is 1. The molecular weight excluding hydrogens is 218 g/mol. The van der Waals surface area contributed by atoms with E-state index in [4.69, 9.17) is 0 Å². The van der Waals surface area contributed by atoms with Gasteiger partial charge in [0.15, 0.2) is 0 Å². The molecule has 0 fully saturated rings. The van der Waals surface area contributed by atoms with Gasteiger partial charge in [-0.15, -0.1) is 11.3 Å². The van der Waals surface area contributed by atoms with Crippen LogP contribution in [0.15, 0.2) is 6.20 Å². The molecule has 92 valence electrons. The Bertz CT molecular complexity index is 298. The zero-order valence-electron chi connectivity index (χ0n) is 10.7. The van der Waals surface area contributed by atoms with Crippen LogP contribution >= 0.6 is 11.3 Å². The second-order valence-electron chi connectivity index (χ2n) is 4.23. The van der Waals surface area contributed by atoms with Gasteiger partial charge in [-0.25, -0.2) is 4.98 Å². The molecule has 0 aliphatic rings. The van der Waals surface area contributed by atoms with Crippen molar-refractivity contribution in [1.29, 1.82) is 0 Å². The molecule has 0 bridgehead atoms. The Morgan fingerprint density at radius 1 is 1.38 bits per heavy atom. The average Bonchev–Trinajstić information content (AvgIpc) is 2.65. The first-order valence-electron chi connectivity index (χ1n) is 6.02. The lowest BCUT2D eigenvalue weighted by Gasteiger charge is -2.15. The summed E-state index contributed by atoms with van der Waals surface area (Å²) in [5, 5.41) is 8.11. The van der Waals surface area contributed by atoms with E-state index >= 15 is 0 Å². The van der Waals surface area contributed by atoms with Gasteiger partial charge in [0.1, 0.15) is 5.01 Å². The lowest BCUT2D eigenvalue weighted by Crippen LogP contribution is -2.30. The van der Waals surface area contributed by atoms with E-state index in [1.807, 2.05) is 6.20 Å². The van der Waals surface area contributed by atoms with E-state index in [1.54, 1.807) is 11.3 Å². The van der Waals surface area contributed by atoms with Gasteiger partial charge in [-0.1, -0.05) is 6.92 Å². The van der Waals surface area contributed by atoms with Crippen molar-refractivity contribution in [3.05, 3.63) is 16.1 Å². The molecule has 2 N–H and O–H groups in total. The van der Waals surface area contributed by atoms with E-state index in [0.29, 0.717) is 12.1 Å². The van der Waals surface area contributed by atoms with Gasteiger partial charge in [0, 0.05) is 17.1 Å². The van der Waals surface area contributed by atoms with E-state index in [0.717, 1.165) is 19.5 Å². The second-order valence-corrected chi connectivity index (χ2v) is 5.50. The zero-order valence-corrected chi connectivity index (χ0v) is 11.5. The quantitative estimate of drug-likeness (QED) is 0.770. The van der Waals surface area contributed by atoms with Gasteiger partial charge in [0.05, 0.1) is 6.04 Å². The lowest BCUT2D eigenvalue weighted by atomic mass is 10.2. The van der Waals surface area contributed by atoms with Crippen LogP contribution < -0.4 is 10.6 Å². The smallest absolute Gasteiger partial charge is 0.109 e. The van der Waals surface area contributed by atoms with E-state index in [2.05, 4.69) is 43.3 Å². The van der Waals surface area contributed by atoms with Gasteiger partial charge < -0.3 is 10.6 Å². The topological polar surface area (TPSA) is 37.0 Å². The largest absolute Gasteiger partial charge is 0.314 e. The van der Waals surface area contributed by atoms with E-state index < -0.39 is 0 Å². The van der Waals surface area contributed by atoms with Crippen molar-refractivity contribution in [2.75, 3.05) is 13.1 Å². The third-order valence-corrected chi connectivity index (χ3v) is 3.69. The normalized spacial score (nSPS) is 15.0. The zero-order chi connectivity index (χ0) is 12.0. The Balaban J connectivity index is 2.22. The van der Waals surface area contributed by atoms with Crippen LogP contribution in [0, 0.1) is 6.92 Å². The standard InChI is InChI=1S/C12H23N3S/c1-5-13-9(2)6-7-14-11(4)12-15-8-10(3)16-12/h8-9,11,13-14H,5-7H2,1-4H3.